The summed E-state index contributed by atoms with van der Waals surface area (Å²) in [6, 6.07) is 4.87. The molecule has 3 aliphatic heterocycles. The molecule has 4 rings (SSSR count). The standard InChI is InChI=1S/C21H25ClN6O7S2/c1-25-13-18(23-24-25)28-20(30)15(27(21(28)36)6-9-34-10-8-29)3-5-19-26(7-11-37(31,32)33)16-12-14(22)2-4-17(16)35-19/h2-5,12,24,29H,6-11,13H2,1H3,(H,31,32,33). The summed E-state index contributed by atoms with van der Waals surface area (Å²) in [5.74, 6) is 0.109. The van der Waals surface area contributed by atoms with Crippen LogP contribution in [0.1, 0.15) is 0 Å². The van der Waals surface area contributed by atoms with Crippen molar-refractivity contribution in [3.63, 3.8) is 0 Å². The molecule has 1 amide bonds. The molecule has 0 aliphatic carbocycles. The number of amides is 1. The second-order valence-electron chi connectivity index (χ2n) is 8.10. The van der Waals surface area contributed by atoms with Crippen LogP contribution in [0.4, 0.5) is 5.69 Å². The summed E-state index contributed by atoms with van der Waals surface area (Å²) in [4.78, 5) is 17.9. The third-order valence-corrected chi connectivity index (χ3v) is 6.80. The molecule has 0 radical (unpaired) electrons. The van der Waals surface area contributed by atoms with Crippen molar-refractivity contribution < 1.29 is 32.3 Å². The Morgan fingerprint density at radius 1 is 1.27 bits per heavy atom. The number of hydrogen-bond donors (Lipinski definition) is 3. The molecule has 3 aliphatic rings. The minimum Gasteiger partial charge on any atom is -0.439 e. The van der Waals surface area contributed by atoms with Crippen LogP contribution in [0, 0.1) is 0 Å². The van der Waals surface area contributed by atoms with E-state index < -0.39 is 21.8 Å². The number of likely N-dealkylation sites (N-methyl/N-ethyl adjacent to an activating group) is 1. The van der Waals surface area contributed by atoms with Crippen LogP contribution in [0.25, 0.3) is 0 Å². The Labute approximate surface area is 223 Å². The molecule has 1 fully saturated rings. The van der Waals surface area contributed by atoms with E-state index in [0.29, 0.717) is 28.8 Å². The van der Waals surface area contributed by atoms with Gasteiger partial charge >= 0.3 is 0 Å². The van der Waals surface area contributed by atoms with Crippen molar-refractivity contribution in [1.82, 2.24) is 20.3 Å². The number of hydrazine groups is 1. The SMILES string of the molecule is CN1CC(N2C(=O)C(=CC=C3Oc4ccc(Cl)cc4N3CCS(=O)(=O)O)N(CCOCCO)C2=S)=NN1. The number of hydrazone groups is 1. The molecule has 13 nitrogen and oxygen atoms in total. The molecule has 0 aromatic heterocycles. The number of hydrogen-bond acceptors (Lipinski definition) is 11. The highest BCUT2D eigenvalue weighted by atomic mass is 35.5. The van der Waals surface area contributed by atoms with Crippen LogP contribution in [0.3, 0.4) is 0 Å². The molecule has 1 aromatic carbocycles. The van der Waals surface area contributed by atoms with Crippen molar-refractivity contribution in [2.75, 3.05) is 57.2 Å². The van der Waals surface area contributed by atoms with Crippen LogP contribution in [-0.4, -0.2) is 102 Å². The van der Waals surface area contributed by atoms with E-state index >= 15 is 0 Å². The molecule has 200 valence electrons. The average molecular weight is 573 g/mol. The van der Waals surface area contributed by atoms with Crippen LogP contribution < -0.4 is 15.2 Å². The first-order valence-corrected chi connectivity index (χ1v) is 13.5. The quantitative estimate of drug-likeness (QED) is 0.162. The van der Waals surface area contributed by atoms with Crippen LogP contribution in [0.15, 0.2) is 47.0 Å². The van der Waals surface area contributed by atoms with E-state index in [2.05, 4.69) is 10.6 Å². The predicted molar refractivity (Wildman–Crippen MR) is 139 cm³/mol. The number of rotatable bonds is 9. The number of aliphatic hydroxyl groups is 1. The summed E-state index contributed by atoms with van der Waals surface area (Å²) >= 11 is 11.7. The van der Waals surface area contributed by atoms with E-state index in [4.69, 9.17) is 38.4 Å². The van der Waals surface area contributed by atoms with Gasteiger partial charge < -0.3 is 24.4 Å². The number of fused-ring (bicyclic) bond motifs is 1. The number of nitrogens with zero attached hydrogens (tertiary/aromatic N) is 5. The molecule has 37 heavy (non-hydrogen) atoms. The smallest absolute Gasteiger partial charge is 0.282 e. The first-order chi connectivity index (χ1) is 17.6. The summed E-state index contributed by atoms with van der Waals surface area (Å²) in [5.41, 5.74) is 3.49. The first kappa shape index (κ1) is 27.3. The number of amidine groups is 1. The molecule has 3 N–H and O–H groups in total. The number of aliphatic hydroxyl groups excluding tert-OH is 1. The molecule has 1 aromatic rings. The van der Waals surface area contributed by atoms with Gasteiger partial charge in [-0.1, -0.05) is 11.6 Å². The number of carbonyl (C=O) groups excluding carboxylic acids is 1. The highest BCUT2D eigenvalue weighted by molar-refractivity contribution is 7.85. The van der Waals surface area contributed by atoms with E-state index in [1.54, 1.807) is 35.2 Å². The number of allylic oxidation sites excluding steroid dienone is 2. The van der Waals surface area contributed by atoms with Gasteiger partial charge in [-0.25, -0.2) is 15.4 Å². The van der Waals surface area contributed by atoms with Gasteiger partial charge in [-0.15, -0.1) is 5.10 Å². The van der Waals surface area contributed by atoms with E-state index in [9.17, 15) is 17.8 Å². The molecule has 0 saturated carbocycles. The van der Waals surface area contributed by atoms with Crippen LogP contribution in [0.5, 0.6) is 5.75 Å². The molecular formula is C21H25ClN6O7S2. The molecule has 1 saturated heterocycles. The Balaban J connectivity index is 1.66. The van der Waals surface area contributed by atoms with Crippen LogP contribution in [0.2, 0.25) is 5.02 Å². The van der Waals surface area contributed by atoms with E-state index in [1.807, 2.05) is 0 Å². The number of halogens is 1. The van der Waals surface area contributed by atoms with Crippen molar-refractivity contribution in [2.24, 2.45) is 5.10 Å². The van der Waals surface area contributed by atoms with Crippen molar-refractivity contribution in [3.8, 4) is 5.75 Å². The zero-order chi connectivity index (χ0) is 26.7. The van der Waals surface area contributed by atoms with Crippen molar-refractivity contribution in [2.45, 2.75) is 0 Å². The Bertz CT molecular complexity index is 1290. The van der Waals surface area contributed by atoms with Crippen molar-refractivity contribution in [1.29, 1.82) is 0 Å². The predicted octanol–water partition coefficient (Wildman–Crippen LogP) is 0.353. The second-order valence-corrected chi connectivity index (χ2v) is 10.5. The summed E-state index contributed by atoms with van der Waals surface area (Å²) < 4.78 is 43.3. The highest BCUT2D eigenvalue weighted by Gasteiger charge is 2.41. The lowest BCUT2D eigenvalue weighted by molar-refractivity contribution is -0.120. The van der Waals surface area contributed by atoms with Gasteiger partial charge in [0.15, 0.2) is 16.7 Å². The summed E-state index contributed by atoms with van der Waals surface area (Å²) in [6.07, 6.45) is 3.02. The Morgan fingerprint density at radius 2 is 2.05 bits per heavy atom. The Kier molecular flexibility index (Phi) is 8.33. The third kappa shape index (κ3) is 6.20. The molecule has 0 atom stereocenters. The maximum atomic E-state index is 13.4. The first-order valence-electron chi connectivity index (χ1n) is 11.1. The van der Waals surface area contributed by atoms with Gasteiger partial charge in [-0.2, -0.15) is 8.42 Å². The lowest BCUT2D eigenvalue weighted by atomic mass is 10.3. The number of anilines is 1. The van der Waals surface area contributed by atoms with Gasteiger partial charge in [0.1, 0.15) is 5.70 Å². The highest BCUT2D eigenvalue weighted by Crippen LogP contribution is 2.40. The fraction of sp³-hybridized carbons (Fsp3) is 0.381. The number of benzene rings is 1. The van der Waals surface area contributed by atoms with Gasteiger partial charge in [0, 0.05) is 31.2 Å². The third-order valence-electron chi connectivity index (χ3n) is 5.47. The largest absolute Gasteiger partial charge is 0.439 e. The van der Waals surface area contributed by atoms with Gasteiger partial charge in [-0.3, -0.25) is 9.35 Å². The molecule has 3 heterocycles. The number of nitrogens with one attached hydrogen (secondary N) is 1. The van der Waals surface area contributed by atoms with Gasteiger partial charge in [0.25, 0.3) is 16.0 Å². The van der Waals surface area contributed by atoms with Crippen LogP contribution >= 0.6 is 23.8 Å². The molecular weight excluding hydrogens is 548 g/mol. The van der Waals surface area contributed by atoms with Crippen molar-refractivity contribution >= 4 is 56.5 Å². The molecule has 0 bridgehead atoms. The number of ether oxygens (including phenoxy) is 2. The molecule has 0 unspecified atom stereocenters. The average Bonchev–Trinajstić information content (AvgIpc) is 3.47. The number of carbonyl (C=O) groups is 1. The summed E-state index contributed by atoms with van der Waals surface area (Å²) in [7, 11) is -2.49. The van der Waals surface area contributed by atoms with Gasteiger partial charge in [0.05, 0.1) is 37.8 Å². The Hall–Kier alpha value is -2.79. The summed E-state index contributed by atoms with van der Waals surface area (Å²) in [5, 5.41) is 15.4. The second kappa shape index (κ2) is 11.3. The number of thiocarbonyl (C=S) groups is 1. The monoisotopic (exact) mass is 572 g/mol. The fourth-order valence-corrected chi connectivity index (χ4v) is 4.76. The summed E-state index contributed by atoms with van der Waals surface area (Å²) in [6.45, 7) is 0.655. The van der Waals surface area contributed by atoms with E-state index in [1.165, 1.54) is 22.0 Å². The molecule has 16 heteroatoms. The van der Waals surface area contributed by atoms with Crippen LogP contribution in [-0.2, 0) is 19.6 Å². The molecule has 0 spiro atoms. The minimum absolute atomic E-state index is 0.118. The lowest BCUT2D eigenvalue weighted by Crippen LogP contribution is -2.41. The zero-order valence-corrected chi connectivity index (χ0v) is 22.1. The van der Waals surface area contributed by atoms with E-state index in [-0.39, 0.29) is 49.6 Å². The minimum atomic E-state index is -4.25. The van der Waals surface area contributed by atoms with Gasteiger partial charge in [0.2, 0.25) is 5.88 Å². The maximum Gasteiger partial charge on any atom is 0.282 e. The zero-order valence-electron chi connectivity index (χ0n) is 19.7. The van der Waals surface area contributed by atoms with Crippen molar-refractivity contribution in [3.05, 3.63) is 47.0 Å². The maximum absolute atomic E-state index is 13.4. The van der Waals surface area contributed by atoms with E-state index in [0.717, 1.165) is 0 Å². The normalized spacial score (nSPS) is 20.2. The topological polar surface area (TPSA) is 147 Å². The Morgan fingerprint density at radius 3 is 2.73 bits per heavy atom. The van der Waals surface area contributed by atoms with Gasteiger partial charge in [-0.05, 0) is 36.5 Å². The fourth-order valence-electron chi connectivity index (χ4n) is 3.80. The lowest BCUT2D eigenvalue weighted by Gasteiger charge is -2.20.